The van der Waals surface area contributed by atoms with E-state index in [4.69, 9.17) is 11.6 Å². The first-order valence-corrected chi connectivity index (χ1v) is 11.2. The van der Waals surface area contributed by atoms with Gasteiger partial charge in [-0.15, -0.1) is 0 Å². The molecular weight excluding hydrogens is 474 g/mol. The number of nitrogens with zero attached hydrogens (tertiary/aromatic N) is 1. The number of para-hydroxylation sites is 1. The van der Waals surface area contributed by atoms with E-state index in [-0.39, 0.29) is 44.1 Å². The fraction of sp³-hybridized carbons (Fsp3) is 0.174. The minimum Gasteiger partial charge on any atom is -0.507 e. The van der Waals surface area contributed by atoms with Crippen LogP contribution in [0, 0.1) is 5.82 Å². The van der Waals surface area contributed by atoms with Crippen molar-refractivity contribution in [3.63, 3.8) is 0 Å². The molecule has 3 aromatic carbocycles. The van der Waals surface area contributed by atoms with Crippen LogP contribution >= 0.6 is 23.5 Å². The summed E-state index contributed by atoms with van der Waals surface area (Å²) in [5.74, 6) is -1.86. The molecule has 0 radical (unpaired) electrons. The van der Waals surface area contributed by atoms with Crippen LogP contribution in [0.4, 0.5) is 14.6 Å². The molecule has 1 fully saturated rings. The third-order valence-electron chi connectivity index (χ3n) is 5.29. The summed E-state index contributed by atoms with van der Waals surface area (Å²) in [6.07, 6.45) is 1.85. The number of halogens is 3. The van der Waals surface area contributed by atoms with Gasteiger partial charge in [0.15, 0.2) is 5.75 Å². The van der Waals surface area contributed by atoms with E-state index in [2.05, 4.69) is 9.66 Å². The van der Waals surface area contributed by atoms with E-state index in [0.29, 0.717) is 18.7 Å². The van der Waals surface area contributed by atoms with E-state index in [1.165, 1.54) is 30.3 Å². The molecule has 0 unspecified atom stereocenters. The number of aromatic hydroxyl groups is 2. The molecule has 0 atom stereocenters. The van der Waals surface area contributed by atoms with E-state index in [1.54, 1.807) is 17.0 Å². The van der Waals surface area contributed by atoms with Crippen molar-refractivity contribution in [2.24, 2.45) is 0 Å². The predicted octanol–water partition coefficient (Wildman–Crippen LogP) is 6.18. The molecule has 1 heterocycles. The van der Waals surface area contributed by atoms with Crippen molar-refractivity contribution in [3.05, 3.63) is 64.9 Å². The summed E-state index contributed by atoms with van der Waals surface area (Å²) in [7, 11) is 0. The molecule has 0 aliphatic carbocycles. The van der Waals surface area contributed by atoms with Gasteiger partial charge in [-0.05, 0) is 49.1 Å². The number of phenols is 2. The summed E-state index contributed by atoms with van der Waals surface area (Å²) < 4.78 is 30.5. The second-order valence-corrected chi connectivity index (χ2v) is 8.69. The average Bonchev–Trinajstić information content (AvgIpc) is 3.35. The third kappa shape index (κ3) is 4.79. The van der Waals surface area contributed by atoms with Gasteiger partial charge in [-0.1, -0.05) is 29.8 Å². The molecule has 1 saturated heterocycles. The monoisotopic (exact) mass is 492 g/mol. The van der Waals surface area contributed by atoms with Crippen molar-refractivity contribution in [2.45, 2.75) is 17.7 Å². The molecule has 0 spiro atoms. The highest BCUT2D eigenvalue weighted by atomic mass is 35.5. The highest BCUT2D eigenvalue weighted by Gasteiger charge is 2.22. The molecular formula is C23H19ClF2N2O4S. The number of nitrogens with one attached hydrogen (secondary N) is 1. The fourth-order valence-corrected chi connectivity index (χ4v) is 4.64. The van der Waals surface area contributed by atoms with E-state index >= 15 is 0 Å². The van der Waals surface area contributed by atoms with Crippen molar-refractivity contribution in [1.82, 2.24) is 4.90 Å². The number of benzene rings is 3. The molecule has 3 N–H and O–H groups in total. The van der Waals surface area contributed by atoms with Gasteiger partial charge in [-0.25, -0.2) is 4.39 Å². The Labute approximate surface area is 197 Å². The number of hydrogen-bond donors (Lipinski definition) is 3. The van der Waals surface area contributed by atoms with E-state index in [0.717, 1.165) is 30.9 Å². The molecule has 172 valence electrons. The topological polar surface area (TPSA) is 82.0 Å². The van der Waals surface area contributed by atoms with Gasteiger partial charge in [0.2, 0.25) is 0 Å². The van der Waals surface area contributed by atoms with Crippen molar-refractivity contribution in [3.8, 4) is 28.4 Å². The maximum absolute atomic E-state index is 14.6. The van der Waals surface area contributed by atoms with Gasteiger partial charge in [0.25, 0.3) is 5.91 Å². The summed E-state index contributed by atoms with van der Waals surface area (Å²) in [6.45, 7) is 1.31. The summed E-state index contributed by atoms with van der Waals surface area (Å²) in [5.41, 5.74) is 0.559. The van der Waals surface area contributed by atoms with Gasteiger partial charge in [0, 0.05) is 40.4 Å². The zero-order valence-electron chi connectivity index (χ0n) is 17.1. The van der Waals surface area contributed by atoms with E-state index < -0.39 is 11.6 Å². The first kappa shape index (κ1) is 23.0. The lowest BCUT2D eigenvalue weighted by Crippen LogP contribution is -2.27. The maximum atomic E-state index is 14.6. The first-order chi connectivity index (χ1) is 15.9. The van der Waals surface area contributed by atoms with Gasteiger partial charge in [0.1, 0.15) is 17.3 Å². The van der Waals surface area contributed by atoms with Crippen LogP contribution in [0.1, 0.15) is 23.2 Å². The van der Waals surface area contributed by atoms with E-state index in [1.807, 2.05) is 0 Å². The normalized spacial score (nSPS) is 13.2. The summed E-state index contributed by atoms with van der Waals surface area (Å²) in [4.78, 5) is 18.4. The zero-order chi connectivity index (χ0) is 23.5. The van der Waals surface area contributed by atoms with Crippen LogP contribution in [0.25, 0.3) is 11.1 Å². The highest BCUT2D eigenvalue weighted by Crippen LogP contribution is 2.41. The first-order valence-electron chi connectivity index (χ1n) is 10.0. The lowest BCUT2D eigenvalue weighted by atomic mass is 10.0. The van der Waals surface area contributed by atoms with Gasteiger partial charge < -0.3 is 19.8 Å². The molecule has 10 heteroatoms. The number of phenolic OH excluding ortho intramolecular Hbond substituents is 2. The zero-order valence-corrected chi connectivity index (χ0v) is 18.7. The molecule has 1 amide bonds. The van der Waals surface area contributed by atoms with Crippen LogP contribution in [-0.2, 0) is 0 Å². The lowest BCUT2D eigenvalue weighted by Gasteiger charge is -2.17. The molecule has 33 heavy (non-hydrogen) atoms. The van der Waals surface area contributed by atoms with Gasteiger partial charge in [0.05, 0.1) is 15.6 Å². The Morgan fingerprint density at radius 2 is 1.82 bits per heavy atom. The Kier molecular flexibility index (Phi) is 6.80. The third-order valence-corrected chi connectivity index (χ3v) is 6.43. The molecule has 0 saturated carbocycles. The van der Waals surface area contributed by atoms with Crippen LogP contribution in [0.15, 0.2) is 53.4 Å². The Morgan fingerprint density at radius 1 is 1.09 bits per heavy atom. The second kappa shape index (κ2) is 9.76. The average molecular weight is 493 g/mol. The number of carbonyl (C=O) groups is 1. The number of carbonyl (C=O) groups excluding carboxylic acids is 1. The smallest absolute Gasteiger partial charge is 0.253 e. The minimum absolute atomic E-state index is 0.0113. The Morgan fingerprint density at radius 3 is 2.52 bits per heavy atom. The van der Waals surface area contributed by atoms with Crippen molar-refractivity contribution in [1.29, 1.82) is 0 Å². The van der Waals surface area contributed by atoms with Gasteiger partial charge >= 0.3 is 0 Å². The van der Waals surface area contributed by atoms with Crippen LogP contribution in [0.3, 0.4) is 0 Å². The van der Waals surface area contributed by atoms with Crippen LogP contribution in [-0.4, -0.2) is 34.1 Å². The molecule has 1 aliphatic rings. The quantitative estimate of drug-likeness (QED) is 0.357. The lowest BCUT2D eigenvalue weighted by molar-refractivity contribution is -0.00552. The fourth-order valence-electron chi connectivity index (χ4n) is 3.59. The highest BCUT2D eigenvalue weighted by molar-refractivity contribution is 8.00. The number of rotatable bonds is 6. The maximum Gasteiger partial charge on any atom is 0.253 e. The Hall–Kier alpha value is -3.17. The van der Waals surface area contributed by atoms with Gasteiger partial charge in [-0.3, -0.25) is 9.74 Å². The Balaban J connectivity index is 1.64. The van der Waals surface area contributed by atoms with Gasteiger partial charge in [-0.2, -0.15) is 0 Å². The summed E-state index contributed by atoms with van der Waals surface area (Å²) in [5, 5.41) is 20.4. The van der Waals surface area contributed by atoms with Crippen LogP contribution in [0.5, 0.6) is 17.2 Å². The largest absolute Gasteiger partial charge is 0.507 e. The number of hydrogen-bond acceptors (Lipinski definition) is 6. The molecule has 0 aromatic heterocycles. The minimum atomic E-state index is -0.802. The van der Waals surface area contributed by atoms with E-state index in [9.17, 15) is 23.9 Å². The number of amides is 1. The standard InChI is InChI=1S/C23H19ClF2N2O4S/c24-16-9-13(23(31)28-7-3-4-8-28)10-21(22(16)30)33-27-18-11-15(17(25)12-20(18)32-26)14-5-1-2-6-19(14)29/h1-2,5-6,9-12,27,29-30H,3-4,7-8H2. The Bertz CT molecular complexity index is 1210. The van der Waals surface area contributed by atoms with Crippen LogP contribution in [0.2, 0.25) is 5.02 Å². The summed E-state index contributed by atoms with van der Waals surface area (Å²) in [6, 6.07) is 11.1. The predicted molar refractivity (Wildman–Crippen MR) is 123 cm³/mol. The van der Waals surface area contributed by atoms with Crippen LogP contribution < -0.4 is 9.66 Å². The number of anilines is 1. The van der Waals surface area contributed by atoms with Crippen molar-refractivity contribution < 1.29 is 28.9 Å². The molecule has 6 nitrogen and oxygen atoms in total. The SMILES string of the molecule is O=C(c1cc(Cl)c(O)c(SNc2cc(-c3ccccc3O)c(F)cc2OF)c1)N1CCCC1. The molecule has 3 aromatic rings. The second-order valence-electron chi connectivity index (χ2n) is 7.43. The molecule has 0 bridgehead atoms. The number of likely N-dealkylation sites (tertiary alicyclic amines) is 1. The summed E-state index contributed by atoms with van der Waals surface area (Å²) >= 11 is 6.97. The molecule has 1 aliphatic heterocycles. The van der Waals surface area contributed by atoms with Crippen molar-refractivity contribution >= 4 is 35.1 Å². The molecule has 4 rings (SSSR count). The van der Waals surface area contributed by atoms with Crippen molar-refractivity contribution in [2.75, 3.05) is 17.8 Å².